The number of rotatable bonds is 7. The molecule has 1 heterocycles. The molecule has 1 aromatic heterocycles. The molecule has 2 N–H and O–H groups in total. The van der Waals surface area contributed by atoms with Gasteiger partial charge in [-0.2, -0.15) is 0 Å². The zero-order chi connectivity index (χ0) is 20.2. The second kappa shape index (κ2) is 8.57. The maximum absolute atomic E-state index is 14.0. The van der Waals surface area contributed by atoms with Crippen LogP contribution in [-0.2, 0) is 11.2 Å². The van der Waals surface area contributed by atoms with Crippen LogP contribution in [0.3, 0.4) is 0 Å². The fourth-order valence-electron chi connectivity index (χ4n) is 3.08. The average Bonchev–Trinajstić information content (AvgIpc) is 3.40. The van der Waals surface area contributed by atoms with Crippen LogP contribution in [0.5, 0.6) is 0 Å². The molecule has 1 unspecified atom stereocenters. The van der Waals surface area contributed by atoms with E-state index < -0.39 is 6.04 Å². The second-order valence-corrected chi connectivity index (χ2v) is 8.23. The maximum Gasteiger partial charge on any atom is 0.262 e. The summed E-state index contributed by atoms with van der Waals surface area (Å²) in [4.78, 5) is 26.6. The molecule has 1 aliphatic carbocycles. The van der Waals surface area contributed by atoms with Crippen molar-refractivity contribution in [1.82, 2.24) is 10.6 Å². The summed E-state index contributed by atoms with van der Waals surface area (Å²) in [5.41, 5.74) is 1.44. The number of hydrogen-bond donors (Lipinski definition) is 2. The molecule has 2 amide bonds. The summed E-state index contributed by atoms with van der Waals surface area (Å²) in [5, 5.41) is 5.83. The quantitative estimate of drug-likeness (QED) is 0.616. The lowest BCUT2D eigenvalue weighted by atomic mass is 10.1. The largest absolute Gasteiger partial charge is 0.352 e. The lowest BCUT2D eigenvalue weighted by Crippen LogP contribution is -2.48. The Kier molecular flexibility index (Phi) is 5.71. The van der Waals surface area contributed by atoms with E-state index in [4.69, 9.17) is 0 Å². The van der Waals surface area contributed by atoms with Crippen LogP contribution in [0.1, 0.15) is 28.1 Å². The molecular weight excluding hydrogens is 387 g/mol. The Morgan fingerprint density at radius 3 is 2.45 bits per heavy atom. The SMILES string of the molecule is O=C(NC(Cc1ccccc1)C(=O)NC1CC1)c1ccc(-c2ccccc2F)s1. The van der Waals surface area contributed by atoms with E-state index in [0.29, 0.717) is 21.7 Å². The lowest BCUT2D eigenvalue weighted by Gasteiger charge is -2.18. The van der Waals surface area contributed by atoms with Crippen molar-refractivity contribution in [2.24, 2.45) is 0 Å². The first-order valence-electron chi connectivity index (χ1n) is 9.60. The molecule has 1 aliphatic rings. The molecule has 0 aliphatic heterocycles. The van der Waals surface area contributed by atoms with Gasteiger partial charge in [-0.05, 0) is 36.6 Å². The summed E-state index contributed by atoms with van der Waals surface area (Å²) in [6.07, 6.45) is 2.38. The minimum Gasteiger partial charge on any atom is -0.352 e. The summed E-state index contributed by atoms with van der Waals surface area (Å²) < 4.78 is 14.0. The Balaban J connectivity index is 1.50. The van der Waals surface area contributed by atoms with Crippen LogP contribution >= 0.6 is 11.3 Å². The third kappa shape index (κ3) is 4.90. The lowest BCUT2D eigenvalue weighted by molar-refractivity contribution is -0.123. The molecule has 0 radical (unpaired) electrons. The van der Waals surface area contributed by atoms with Crippen molar-refractivity contribution in [3.8, 4) is 10.4 Å². The van der Waals surface area contributed by atoms with E-state index in [1.807, 2.05) is 30.3 Å². The van der Waals surface area contributed by atoms with E-state index in [9.17, 15) is 14.0 Å². The van der Waals surface area contributed by atoms with E-state index >= 15 is 0 Å². The Hall–Kier alpha value is -2.99. The van der Waals surface area contributed by atoms with Crippen molar-refractivity contribution in [1.29, 1.82) is 0 Å². The summed E-state index contributed by atoms with van der Waals surface area (Å²) in [6.45, 7) is 0. The minimum atomic E-state index is -0.662. The van der Waals surface area contributed by atoms with E-state index in [1.165, 1.54) is 17.4 Å². The molecule has 0 saturated heterocycles. The van der Waals surface area contributed by atoms with Crippen molar-refractivity contribution < 1.29 is 14.0 Å². The van der Waals surface area contributed by atoms with Gasteiger partial charge < -0.3 is 10.6 Å². The zero-order valence-corrected chi connectivity index (χ0v) is 16.5. The van der Waals surface area contributed by atoms with Crippen molar-refractivity contribution in [2.45, 2.75) is 31.3 Å². The van der Waals surface area contributed by atoms with Gasteiger partial charge in [0.2, 0.25) is 5.91 Å². The van der Waals surface area contributed by atoms with Gasteiger partial charge in [-0.25, -0.2) is 4.39 Å². The highest BCUT2D eigenvalue weighted by molar-refractivity contribution is 7.17. The molecular formula is C23H21FN2O2S. The molecule has 148 valence electrons. The first-order chi connectivity index (χ1) is 14.1. The Bertz CT molecular complexity index is 1010. The number of halogens is 1. The van der Waals surface area contributed by atoms with Gasteiger partial charge >= 0.3 is 0 Å². The number of benzene rings is 2. The van der Waals surface area contributed by atoms with Gasteiger partial charge in [0.15, 0.2) is 0 Å². The van der Waals surface area contributed by atoms with Crippen LogP contribution in [-0.4, -0.2) is 23.9 Å². The van der Waals surface area contributed by atoms with Gasteiger partial charge in [0.1, 0.15) is 11.9 Å². The van der Waals surface area contributed by atoms with E-state index in [2.05, 4.69) is 10.6 Å². The highest BCUT2D eigenvalue weighted by Crippen LogP contribution is 2.30. The fraction of sp³-hybridized carbons (Fsp3) is 0.217. The van der Waals surface area contributed by atoms with Crippen molar-refractivity contribution in [2.75, 3.05) is 0 Å². The summed E-state index contributed by atoms with van der Waals surface area (Å²) in [5.74, 6) is -0.827. The smallest absolute Gasteiger partial charge is 0.262 e. The normalized spacial score (nSPS) is 14.2. The molecule has 0 bridgehead atoms. The first-order valence-corrected chi connectivity index (χ1v) is 10.4. The van der Waals surface area contributed by atoms with E-state index in [-0.39, 0.29) is 23.7 Å². The van der Waals surface area contributed by atoms with Crippen molar-refractivity contribution >= 4 is 23.2 Å². The zero-order valence-electron chi connectivity index (χ0n) is 15.7. The monoisotopic (exact) mass is 408 g/mol. The van der Waals surface area contributed by atoms with Crippen LogP contribution in [0.15, 0.2) is 66.7 Å². The number of carbonyl (C=O) groups is 2. The Morgan fingerprint density at radius 2 is 1.72 bits per heavy atom. The van der Waals surface area contributed by atoms with Gasteiger partial charge in [-0.1, -0.05) is 48.5 Å². The summed E-state index contributed by atoms with van der Waals surface area (Å²) in [7, 11) is 0. The van der Waals surface area contributed by atoms with Crippen LogP contribution in [0.2, 0.25) is 0 Å². The van der Waals surface area contributed by atoms with Crippen molar-refractivity contribution in [3.05, 3.63) is 83.0 Å². The van der Waals surface area contributed by atoms with E-state index in [1.54, 1.807) is 30.3 Å². The van der Waals surface area contributed by atoms with Crippen LogP contribution in [0, 0.1) is 5.82 Å². The number of nitrogens with one attached hydrogen (secondary N) is 2. The van der Waals surface area contributed by atoms with Crippen molar-refractivity contribution in [3.63, 3.8) is 0 Å². The minimum absolute atomic E-state index is 0.171. The van der Waals surface area contributed by atoms with Gasteiger partial charge in [-0.3, -0.25) is 9.59 Å². The number of thiophene rings is 1. The standard InChI is InChI=1S/C23H21FN2O2S/c24-18-9-5-4-8-17(18)20-12-13-21(29-20)23(28)26-19(22(27)25-16-10-11-16)14-15-6-2-1-3-7-15/h1-9,12-13,16,19H,10-11,14H2,(H,25,27)(H,26,28). The first kappa shape index (κ1) is 19.3. The van der Waals surface area contributed by atoms with Gasteiger partial charge in [0.25, 0.3) is 5.91 Å². The van der Waals surface area contributed by atoms with Crippen LogP contribution in [0.25, 0.3) is 10.4 Å². The van der Waals surface area contributed by atoms with Crippen LogP contribution in [0.4, 0.5) is 4.39 Å². The second-order valence-electron chi connectivity index (χ2n) is 7.14. The predicted molar refractivity (Wildman–Crippen MR) is 112 cm³/mol. The molecule has 1 atom stereocenters. The summed E-state index contributed by atoms with van der Waals surface area (Å²) in [6, 6.07) is 19.0. The molecule has 2 aromatic carbocycles. The topological polar surface area (TPSA) is 58.2 Å². The third-order valence-corrected chi connectivity index (χ3v) is 5.91. The highest BCUT2D eigenvalue weighted by atomic mass is 32.1. The molecule has 0 spiro atoms. The highest BCUT2D eigenvalue weighted by Gasteiger charge is 2.29. The molecule has 4 nitrogen and oxygen atoms in total. The Morgan fingerprint density at radius 1 is 1.00 bits per heavy atom. The number of hydrogen-bond acceptors (Lipinski definition) is 3. The average molecular weight is 408 g/mol. The molecule has 1 fully saturated rings. The molecule has 6 heteroatoms. The maximum atomic E-state index is 14.0. The third-order valence-electron chi connectivity index (χ3n) is 4.80. The molecule has 3 aromatic rings. The molecule has 29 heavy (non-hydrogen) atoms. The van der Waals surface area contributed by atoms with Gasteiger partial charge in [0.05, 0.1) is 4.88 Å². The molecule has 1 saturated carbocycles. The fourth-order valence-corrected chi connectivity index (χ4v) is 4.02. The number of amides is 2. The van der Waals surface area contributed by atoms with E-state index in [0.717, 1.165) is 18.4 Å². The van der Waals surface area contributed by atoms with Gasteiger partial charge in [-0.15, -0.1) is 11.3 Å². The number of carbonyl (C=O) groups excluding carboxylic acids is 2. The molecule has 4 rings (SSSR count). The summed E-state index contributed by atoms with van der Waals surface area (Å²) >= 11 is 1.21. The van der Waals surface area contributed by atoms with Gasteiger partial charge in [0, 0.05) is 22.9 Å². The van der Waals surface area contributed by atoms with Crippen LogP contribution < -0.4 is 10.6 Å². The Labute approximate surface area is 172 Å². The predicted octanol–water partition coefficient (Wildman–Crippen LogP) is 4.17.